The molecule has 1 fully saturated rings. The van der Waals surface area contributed by atoms with Gasteiger partial charge in [-0.2, -0.15) is 0 Å². The minimum absolute atomic E-state index is 0.134. The lowest BCUT2D eigenvalue weighted by Gasteiger charge is -2.27. The fourth-order valence-corrected chi connectivity index (χ4v) is 3.25. The molecule has 5 nitrogen and oxygen atoms in total. The molecule has 6 heteroatoms. The lowest BCUT2D eigenvalue weighted by molar-refractivity contribution is -0.142. The van der Waals surface area contributed by atoms with Crippen molar-refractivity contribution in [2.75, 3.05) is 12.3 Å². The highest BCUT2D eigenvalue weighted by molar-refractivity contribution is 7.92. The molecular formula is C13H25NO4S. The maximum Gasteiger partial charge on any atom is 0.306 e. The number of nitrogens with one attached hydrogen (secondary N) is 1. The smallest absolute Gasteiger partial charge is 0.306 e. The van der Waals surface area contributed by atoms with Crippen LogP contribution in [0, 0.1) is 5.92 Å². The monoisotopic (exact) mass is 291 g/mol. The van der Waals surface area contributed by atoms with Gasteiger partial charge in [0.15, 0.2) is 9.84 Å². The first-order valence-electron chi connectivity index (χ1n) is 6.82. The third kappa shape index (κ3) is 4.76. The second-order valence-corrected chi connectivity index (χ2v) is 9.13. The summed E-state index contributed by atoms with van der Waals surface area (Å²) in [4.78, 5) is 10.8. The van der Waals surface area contributed by atoms with E-state index in [1.54, 1.807) is 20.8 Å². The molecule has 1 aliphatic carbocycles. The van der Waals surface area contributed by atoms with E-state index in [1.165, 1.54) is 0 Å². The molecule has 19 heavy (non-hydrogen) atoms. The predicted molar refractivity (Wildman–Crippen MR) is 74.9 cm³/mol. The molecule has 0 saturated heterocycles. The summed E-state index contributed by atoms with van der Waals surface area (Å²) in [6, 6.07) is 0.255. The summed E-state index contributed by atoms with van der Waals surface area (Å²) in [5, 5.41) is 12.1. The summed E-state index contributed by atoms with van der Waals surface area (Å²) < 4.78 is 23.1. The lowest BCUT2D eigenvalue weighted by Crippen LogP contribution is -2.40. The predicted octanol–water partition coefficient (Wildman–Crippen LogP) is 1.43. The van der Waals surface area contributed by atoms with E-state index in [4.69, 9.17) is 5.11 Å². The quantitative estimate of drug-likeness (QED) is 0.800. The fourth-order valence-electron chi connectivity index (χ4n) is 2.25. The van der Waals surface area contributed by atoms with Crippen LogP contribution in [-0.2, 0) is 14.6 Å². The van der Waals surface area contributed by atoms with Gasteiger partial charge in [0.05, 0.1) is 16.4 Å². The van der Waals surface area contributed by atoms with Gasteiger partial charge in [-0.3, -0.25) is 4.79 Å². The molecule has 0 amide bonds. The SMILES string of the molecule is CC(C)(C)S(=O)(=O)CCNC1CCC(C(=O)O)CC1. The van der Waals surface area contributed by atoms with E-state index in [-0.39, 0.29) is 17.7 Å². The van der Waals surface area contributed by atoms with Gasteiger partial charge in [-0.15, -0.1) is 0 Å². The molecule has 0 heterocycles. The van der Waals surface area contributed by atoms with Crippen LogP contribution >= 0.6 is 0 Å². The Balaban J connectivity index is 2.31. The minimum Gasteiger partial charge on any atom is -0.481 e. The van der Waals surface area contributed by atoms with Gasteiger partial charge in [0.25, 0.3) is 0 Å². The van der Waals surface area contributed by atoms with Gasteiger partial charge in [0.1, 0.15) is 0 Å². The van der Waals surface area contributed by atoms with Crippen molar-refractivity contribution in [2.45, 2.75) is 57.2 Å². The number of carboxylic acid groups (broad SMARTS) is 1. The molecule has 1 saturated carbocycles. The first-order chi connectivity index (χ1) is 8.63. The molecule has 112 valence electrons. The Hall–Kier alpha value is -0.620. The van der Waals surface area contributed by atoms with Crippen LogP contribution in [0.5, 0.6) is 0 Å². The van der Waals surface area contributed by atoms with Crippen LogP contribution in [0.3, 0.4) is 0 Å². The molecule has 0 aliphatic heterocycles. The van der Waals surface area contributed by atoms with Crippen molar-refractivity contribution in [3.8, 4) is 0 Å². The molecule has 0 aromatic rings. The van der Waals surface area contributed by atoms with Gasteiger partial charge in [0.2, 0.25) is 0 Å². The van der Waals surface area contributed by atoms with E-state index in [1.807, 2.05) is 0 Å². The third-order valence-corrected chi connectivity index (χ3v) is 6.42. The number of carboxylic acids is 1. The third-order valence-electron chi connectivity index (χ3n) is 3.81. The number of hydrogen-bond acceptors (Lipinski definition) is 4. The molecule has 1 rings (SSSR count). The first-order valence-corrected chi connectivity index (χ1v) is 8.47. The zero-order valence-corrected chi connectivity index (χ0v) is 12.8. The van der Waals surface area contributed by atoms with Crippen molar-refractivity contribution >= 4 is 15.8 Å². The van der Waals surface area contributed by atoms with Gasteiger partial charge in [-0.1, -0.05) is 0 Å². The maximum atomic E-state index is 11.9. The Morgan fingerprint density at radius 1 is 1.21 bits per heavy atom. The number of hydrogen-bond donors (Lipinski definition) is 2. The van der Waals surface area contributed by atoms with Gasteiger partial charge in [-0.05, 0) is 46.5 Å². The van der Waals surface area contributed by atoms with Gasteiger partial charge in [-0.25, -0.2) is 8.42 Å². The Labute approximate surface area is 115 Å². The number of aliphatic carboxylic acids is 1. The largest absolute Gasteiger partial charge is 0.481 e. The average Bonchev–Trinajstić information content (AvgIpc) is 2.28. The van der Waals surface area contributed by atoms with Crippen LogP contribution in [0.4, 0.5) is 0 Å². The maximum absolute atomic E-state index is 11.9. The zero-order valence-electron chi connectivity index (χ0n) is 12.0. The number of sulfone groups is 1. The van der Waals surface area contributed by atoms with Crippen LogP contribution in [0.1, 0.15) is 46.5 Å². The van der Waals surface area contributed by atoms with Crippen molar-refractivity contribution < 1.29 is 18.3 Å². The topological polar surface area (TPSA) is 83.5 Å². The highest BCUT2D eigenvalue weighted by Crippen LogP contribution is 2.24. The lowest BCUT2D eigenvalue weighted by atomic mass is 9.86. The van der Waals surface area contributed by atoms with Crippen LogP contribution < -0.4 is 5.32 Å². The highest BCUT2D eigenvalue weighted by Gasteiger charge is 2.29. The standard InChI is InChI=1S/C13H25NO4S/c1-13(2,3)19(17,18)9-8-14-11-6-4-10(5-7-11)12(15)16/h10-11,14H,4-9H2,1-3H3,(H,15,16). The van der Waals surface area contributed by atoms with Crippen molar-refractivity contribution in [3.63, 3.8) is 0 Å². The summed E-state index contributed by atoms with van der Waals surface area (Å²) in [7, 11) is -3.08. The minimum atomic E-state index is -3.08. The summed E-state index contributed by atoms with van der Waals surface area (Å²) in [6.07, 6.45) is 2.98. The van der Waals surface area contributed by atoms with Gasteiger partial charge >= 0.3 is 5.97 Å². The Bertz CT molecular complexity index is 403. The van der Waals surface area contributed by atoms with Crippen LogP contribution in [0.15, 0.2) is 0 Å². The number of carbonyl (C=O) groups is 1. The molecule has 0 aromatic carbocycles. The van der Waals surface area contributed by atoms with Crippen LogP contribution in [0.2, 0.25) is 0 Å². The molecule has 0 unspecified atom stereocenters. The van der Waals surface area contributed by atoms with Gasteiger partial charge < -0.3 is 10.4 Å². The molecular weight excluding hydrogens is 266 g/mol. The molecule has 1 aliphatic rings. The van der Waals surface area contributed by atoms with E-state index < -0.39 is 20.6 Å². The van der Waals surface area contributed by atoms with Gasteiger partial charge in [0, 0.05) is 12.6 Å². The molecule has 0 atom stereocenters. The van der Waals surface area contributed by atoms with E-state index >= 15 is 0 Å². The molecule has 2 N–H and O–H groups in total. The van der Waals surface area contributed by atoms with Crippen molar-refractivity contribution in [1.82, 2.24) is 5.32 Å². The van der Waals surface area contributed by atoms with E-state index in [0.29, 0.717) is 19.4 Å². The fraction of sp³-hybridized carbons (Fsp3) is 0.923. The van der Waals surface area contributed by atoms with Crippen LogP contribution in [0.25, 0.3) is 0 Å². The second-order valence-electron chi connectivity index (χ2n) is 6.27. The molecule has 0 spiro atoms. The molecule has 0 bridgehead atoms. The number of rotatable bonds is 5. The van der Waals surface area contributed by atoms with Crippen molar-refractivity contribution in [3.05, 3.63) is 0 Å². The Morgan fingerprint density at radius 2 is 1.74 bits per heavy atom. The summed E-state index contributed by atoms with van der Waals surface area (Å²) in [5.74, 6) is -0.805. The van der Waals surface area contributed by atoms with E-state index in [9.17, 15) is 13.2 Å². The summed E-state index contributed by atoms with van der Waals surface area (Å²) in [5.41, 5.74) is 0. The van der Waals surface area contributed by atoms with Crippen molar-refractivity contribution in [1.29, 1.82) is 0 Å². The van der Waals surface area contributed by atoms with E-state index in [2.05, 4.69) is 5.32 Å². The summed E-state index contributed by atoms with van der Waals surface area (Å²) >= 11 is 0. The molecule has 0 radical (unpaired) electrons. The highest BCUT2D eigenvalue weighted by atomic mass is 32.2. The average molecular weight is 291 g/mol. The summed E-state index contributed by atoms with van der Waals surface area (Å²) in [6.45, 7) is 5.57. The Kier molecular flexibility index (Phi) is 5.38. The van der Waals surface area contributed by atoms with Crippen molar-refractivity contribution in [2.24, 2.45) is 5.92 Å². The van der Waals surface area contributed by atoms with Crippen LogP contribution in [-0.4, -0.2) is 42.6 Å². The Morgan fingerprint density at radius 3 is 2.16 bits per heavy atom. The zero-order chi connectivity index (χ0) is 14.7. The molecule has 0 aromatic heterocycles. The first kappa shape index (κ1) is 16.4. The second kappa shape index (κ2) is 6.22. The normalized spacial score (nSPS) is 25.2. The van der Waals surface area contributed by atoms with E-state index in [0.717, 1.165) is 12.8 Å².